The molecule has 2 aliphatic carbocycles. The van der Waals surface area contributed by atoms with E-state index < -0.39 is 0 Å². The largest absolute Gasteiger partial charge is 0.112 e. The fraction of sp³-hybridized carbons (Fsp3) is 0.833. The summed E-state index contributed by atoms with van der Waals surface area (Å²) in [6.45, 7) is 0. The van der Waals surface area contributed by atoms with Gasteiger partial charge >= 0.3 is 0 Å². The highest BCUT2D eigenvalue weighted by molar-refractivity contribution is 9.27. The smallest absolute Gasteiger partial charge is 0.0668 e. The summed E-state index contributed by atoms with van der Waals surface area (Å²) in [6, 6.07) is 0. The Kier molecular flexibility index (Phi) is 19.3. The summed E-state index contributed by atoms with van der Waals surface area (Å²) in [7, 11) is 0. The van der Waals surface area contributed by atoms with E-state index in [9.17, 15) is 0 Å². The molecule has 0 N–H and O–H groups in total. The van der Waals surface area contributed by atoms with E-state index >= 15 is 0 Å². The lowest BCUT2D eigenvalue weighted by Crippen LogP contribution is -2.12. The third-order valence-corrected chi connectivity index (χ3v) is 16.2. The van der Waals surface area contributed by atoms with E-state index in [0.717, 1.165) is 25.7 Å². The highest BCUT2D eigenvalue weighted by Crippen LogP contribution is 2.47. The molecule has 8 heteroatoms. The van der Waals surface area contributed by atoms with Crippen LogP contribution in [0.15, 0.2) is 17.9 Å². The van der Waals surface area contributed by atoms with Crippen molar-refractivity contribution in [3.63, 3.8) is 0 Å². The molecule has 0 aliphatic heterocycles. The molecule has 0 radical (unpaired) electrons. The zero-order chi connectivity index (χ0) is 24.0. The highest BCUT2D eigenvalue weighted by Gasteiger charge is 2.29. The van der Waals surface area contributed by atoms with Gasteiger partial charge in [-0.15, -0.1) is 0 Å². The van der Waals surface area contributed by atoms with Crippen molar-refractivity contribution in [2.75, 3.05) is 0 Å². The van der Waals surface area contributed by atoms with Crippen molar-refractivity contribution in [1.82, 2.24) is 0 Å². The molecule has 0 bridgehead atoms. The molecule has 0 unspecified atom stereocenters. The van der Waals surface area contributed by atoms with E-state index in [1.54, 1.807) is 0 Å². The second kappa shape index (κ2) is 18.6. The minimum Gasteiger partial charge on any atom is -0.0668 e. The van der Waals surface area contributed by atoms with E-state index in [-0.39, 0.29) is 6.47 Å². The molecule has 0 saturated heterocycles. The molecule has 0 amide bonds. The van der Waals surface area contributed by atoms with Crippen LogP contribution >= 0.6 is 127 Å². The number of halogens is 8. The van der Waals surface area contributed by atoms with Crippen LogP contribution in [0.25, 0.3) is 0 Å². The van der Waals surface area contributed by atoms with Crippen molar-refractivity contribution >= 4 is 127 Å². The summed E-state index contributed by atoms with van der Waals surface area (Å²) in [5.41, 5.74) is 0. The molecule has 2 aliphatic rings. The topological polar surface area (TPSA) is 0 Å². The van der Waals surface area contributed by atoms with E-state index in [2.05, 4.69) is 127 Å². The molecule has 0 saturated carbocycles. The molecular formula is C24H36Br8. The minimum absolute atomic E-state index is 0.0714. The summed E-state index contributed by atoms with van der Waals surface area (Å²) in [6.07, 6.45) is 23.4. The third-order valence-electron chi connectivity index (χ3n) is 5.89. The molecule has 0 fully saturated rings. The summed E-state index contributed by atoms with van der Waals surface area (Å²) in [5, 5.41) is 0. The third kappa shape index (κ3) is 14.3. The lowest BCUT2D eigenvalue weighted by molar-refractivity contribution is 0.565. The first-order valence-corrected chi connectivity index (χ1v) is 18.3. The maximum absolute atomic E-state index is 3.77. The van der Waals surface area contributed by atoms with Gasteiger partial charge in [0.25, 0.3) is 0 Å². The molecule has 0 nitrogen and oxygen atoms in total. The van der Waals surface area contributed by atoms with Gasteiger partial charge in [0.1, 0.15) is 6.47 Å². The lowest BCUT2D eigenvalue weighted by Gasteiger charge is -2.22. The van der Waals surface area contributed by atoms with Gasteiger partial charge in [-0.1, -0.05) is 204 Å². The zero-order valence-electron chi connectivity index (χ0n) is 18.8. The summed E-state index contributed by atoms with van der Waals surface area (Å²) >= 11 is 29.9. The molecule has 32 heavy (non-hydrogen) atoms. The SMILES string of the molecule is Br/C1=C(\Br)C(Br)(Br)CCCCCCCCC1.Br/C1=C(\Br)C(Br)(Br)CCCCCCCCC1. The first kappa shape index (κ1) is 33.3. The monoisotopic (exact) mass is 956 g/mol. The van der Waals surface area contributed by atoms with Gasteiger partial charge in [-0.2, -0.15) is 0 Å². The predicted molar refractivity (Wildman–Crippen MR) is 174 cm³/mol. The minimum atomic E-state index is -0.0714. The van der Waals surface area contributed by atoms with Crippen LogP contribution in [-0.4, -0.2) is 6.47 Å². The lowest BCUT2D eigenvalue weighted by atomic mass is 10.0. The fourth-order valence-electron chi connectivity index (χ4n) is 3.86. The van der Waals surface area contributed by atoms with Gasteiger partial charge in [-0.05, 0) is 38.5 Å². The average molecular weight is 964 g/mol. The Morgan fingerprint density at radius 1 is 0.375 bits per heavy atom. The Balaban J connectivity index is 0.000000320. The quantitative estimate of drug-likeness (QED) is 0.212. The molecule has 0 aromatic heterocycles. The van der Waals surface area contributed by atoms with Crippen molar-refractivity contribution in [1.29, 1.82) is 0 Å². The maximum atomic E-state index is 3.77. The Morgan fingerprint density at radius 3 is 0.938 bits per heavy atom. The van der Waals surface area contributed by atoms with Crippen molar-refractivity contribution < 1.29 is 0 Å². The first-order chi connectivity index (χ1) is 15.1. The van der Waals surface area contributed by atoms with Crippen LogP contribution in [-0.2, 0) is 0 Å². The van der Waals surface area contributed by atoms with Crippen molar-refractivity contribution in [3.05, 3.63) is 17.9 Å². The number of alkyl halides is 4. The van der Waals surface area contributed by atoms with Crippen LogP contribution in [0, 0.1) is 0 Å². The Morgan fingerprint density at radius 2 is 0.625 bits per heavy atom. The molecule has 0 atom stereocenters. The standard InChI is InChI=1S/2C12H18Br4/c2*13-10-8-6-4-2-1-3-5-7-9-12(15,16)11(10)14/h2*1-9H2/b2*11-10-. The van der Waals surface area contributed by atoms with Crippen molar-refractivity contribution in [2.45, 2.75) is 122 Å². The Labute approximate surface area is 264 Å². The Bertz CT molecular complexity index is 543. The number of hydrogen-bond acceptors (Lipinski definition) is 0. The van der Waals surface area contributed by atoms with Crippen LogP contribution in [0.4, 0.5) is 0 Å². The second-order valence-corrected chi connectivity index (χ2v) is 19.8. The zero-order valence-corrected chi connectivity index (χ0v) is 31.4. The van der Waals surface area contributed by atoms with Gasteiger partial charge in [-0.3, -0.25) is 0 Å². The van der Waals surface area contributed by atoms with Crippen molar-refractivity contribution in [2.24, 2.45) is 0 Å². The van der Waals surface area contributed by atoms with Crippen LogP contribution in [0.2, 0.25) is 0 Å². The summed E-state index contributed by atoms with van der Waals surface area (Å²) in [4.78, 5) is 0. The maximum Gasteiger partial charge on any atom is 0.112 e. The van der Waals surface area contributed by atoms with E-state index in [0.29, 0.717) is 0 Å². The van der Waals surface area contributed by atoms with Gasteiger partial charge in [0, 0.05) is 17.9 Å². The van der Waals surface area contributed by atoms with Gasteiger partial charge in [0.05, 0.1) is 0 Å². The van der Waals surface area contributed by atoms with E-state index in [1.807, 2.05) is 0 Å². The van der Waals surface area contributed by atoms with Crippen LogP contribution in [0.1, 0.15) is 116 Å². The van der Waals surface area contributed by atoms with Crippen LogP contribution in [0.3, 0.4) is 0 Å². The van der Waals surface area contributed by atoms with Gasteiger partial charge in [-0.25, -0.2) is 0 Å². The van der Waals surface area contributed by atoms with E-state index in [4.69, 9.17) is 0 Å². The molecule has 188 valence electrons. The van der Waals surface area contributed by atoms with E-state index in [1.165, 1.54) is 108 Å². The second-order valence-electron chi connectivity index (χ2n) is 8.80. The normalized spacial score (nSPS) is 29.2. The molecule has 0 heterocycles. The Hall–Kier alpha value is 3.32. The molecule has 2 rings (SSSR count). The number of rotatable bonds is 0. The highest BCUT2D eigenvalue weighted by atomic mass is 79.9. The van der Waals surface area contributed by atoms with Gasteiger partial charge in [0.2, 0.25) is 0 Å². The predicted octanol–water partition coefficient (Wildman–Crippen LogP) is 14.0. The van der Waals surface area contributed by atoms with Crippen LogP contribution in [0.5, 0.6) is 0 Å². The molecule has 0 aromatic carbocycles. The molecule has 0 aromatic rings. The summed E-state index contributed by atoms with van der Waals surface area (Å²) in [5.74, 6) is 0. The fourth-order valence-corrected chi connectivity index (χ4v) is 9.03. The van der Waals surface area contributed by atoms with Gasteiger partial charge < -0.3 is 0 Å². The molecule has 0 spiro atoms. The van der Waals surface area contributed by atoms with Crippen LogP contribution < -0.4 is 0 Å². The summed E-state index contributed by atoms with van der Waals surface area (Å²) < 4.78 is 4.89. The van der Waals surface area contributed by atoms with Crippen molar-refractivity contribution in [3.8, 4) is 0 Å². The van der Waals surface area contributed by atoms with Gasteiger partial charge in [0.15, 0.2) is 0 Å². The average Bonchev–Trinajstić information content (AvgIpc) is 2.74. The molecular weight excluding hydrogens is 927 g/mol. The number of allylic oxidation sites excluding steroid dienone is 4. The number of hydrogen-bond donors (Lipinski definition) is 0. The first-order valence-electron chi connectivity index (χ1n) is 11.9.